The van der Waals surface area contributed by atoms with Crippen molar-refractivity contribution in [3.05, 3.63) is 64.5 Å². The third kappa shape index (κ3) is 4.37. The van der Waals surface area contributed by atoms with Crippen LogP contribution >= 0.6 is 11.6 Å². The summed E-state index contributed by atoms with van der Waals surface area (Å²) in [5.74, 6) is -0.953. The van der Waals surface area contributed by atoms with Crippen molar-refractivity contribution in [1.82, 2.24) is 24.6 Å². The molecule has 0 saturated heterocycles. The molecule has 2 aromatic heterocycles. The normalized spacial score (nSPS) is 16.0. The van der Waals surface area contributed by atoms with Crippen LogP contribution in [0, 0.1) is 6.92 Å². The van der Waals surface area contributed by atoms with E-state index in [4.69, 9.17) is 11.6 Å². The number of aliphatic hydroxyl groups is 1. The van der Waals surface area contributed by atoms with Gasteiger partial charge in [-0.1, -0.05) is 17.7 Å². The van der Waals surface area contributed by atoms with Gasteiger partial charge >= 0.3 is 6.18 Å². The average molecular weight is 482 g/mol. The molecule has 0 radical (unpaired) electrons. The quantitative estimate of drug-likeness (QED) is 0.534. The maximum absolute atomic E-state index is 13.7. The second kappa shape index (κ2) is 8.49. The summed E-state index contributed by atoms with van der Waals surface area (Å²) < 4.78 is 43.8. The van der Waals surface area contributed by atoms with Crippen molar-refractivity contribution in [2.75, 3.05) is 6.54 Å². The fraction of sp³-hybridized carbons (Fsp3) is 0.409. The molecule has 4 rings (SSSR count). The molecule has 1 fully saturated rings. The third-order valence-electron chi connectivity index (χ3n) is 5.85. The van der Waals surface area contributed by atoms with Crippen molar-refractivity contribution < 1.29 is 23.1 Å². The van der Waals surface area contributed by atoms with E-state index in [9.17, 15) is 23.1 Å². The van der Waals surface area contributed by atoms with Gasteiger partial charge in [-0.2, -0.15) is 18.3 Å². The lowest BCUT2D eigenvalue weighted by atomic mass is 9.97. The molecule has 1 aliphatic carbocycles. The van der Waals surface area contributed by atoms with Gasteiger partial charge in [0.1, 0.15) is 5.82 Å². The monoisotopic (exact) mass is 481 g/mol. The number of alkyl halides is 3. The molecule has 0 aliphatic heterocycles. The minimum atomic E-state index is -4.97. The Kier molecular flexibility index (Phi) is 6.00. The maximum atomic E-state index is 13.7. The first-order valence-corrected chi connectivity index (χ1v) is 10.8. The molecule has 11 heteroatoms. The van der Waals surface area contributed by atoms with Gasteiger partial charge < -0.3 is 15.0 Å². The number of benzene rings is 1. The fourth-order valence-electron chi connectivity index (χ4n) is 3.80. The molecule has 7 nitrogen and oxygen atoms in total. The van der Waals surface area contributed by atoms with Crippen molar-refractivity contribution in [2.45, 2.75) is 43.9 Å². The van der Waals surface area contributed by atoms with E-state index >= 15 is 0 Å². The Bertz CT molecular complexity index is 1190. The molecule has 3 aromatic rings. The second-order valence-electron chi connectivity index (χ2n) is 8.29. The lowest BCUT2D eigenvalue weighted by Crippen LogP contribution is -2.46. The number of nitrogens with zero attached hydrogens (tertiary/aromatic N) is 4. The highest BCUT2D eigenvalue weighted by atomic mass is 35.5. The van der Waals surface area contributed by atoms with Gasteiger partial charge in [0.2, 0.25) is 5.60 Å². The molecule has 1 aliphatic rings. The van der Waals surface area contributed by atoms with Crippen LogP contribution in [0.1, 0.15) is 52.6 Å². The summed E-state index contributed by atoms with van der Waals surface area (Å²) in [7, 11) is 1.37. The molecule has 1 atom stereocenters. The van der Waals surface area contributed by atoms with Crippen LogP contribution in [0.3, 0.4) is 0 Å². The van der Waals surface area contributed by atoms with Gasteiger partial charge in [0.15, 0.2) is 0 Å². The average Bonchev–Trinajstić information content (AvgIpc) is 3.33. The van der Waals surface area contributed by atoms with Gasteiger partial charge in [-0.25, -0.2) is 9.67 Å². The second-order valence-corrected chi connectivity index (χ2v) is 8.70. The highest BCUT2D eigenvalue weighted by Gasteiger charge is 2.57. The fourth-order valence-corrected chi connectivity index (χ4v) is 3.97. The van der Waals surface area contributed by atoms with Crippen molar-refractivity contribution >= 4 is 17.5 Å². The van der Waals surface area contributed by atoms with Crippen molar-refractivity contribution in [1.29, 1.82) is 0 Å². The number of imidazole rings is 1. The van der Waals surface area contributed by atoms with Crippen LogP contribution in [-0.4, -0.2) is 43.1 Å². The zero-order valence-electron chi connectivity index (χ0n) is 18.0. The van der Waals surface area contributed by atoms with Crippen LogP contribution in [0.2, 0.25) is 5.02 Å². The number of halogens is 4. The molecule has 1 amide bonds. The molecule has 1 aromatic carbocycles. The summed E-state index contributed by atoms with van der Waals surface area (Å²) in [4.78, 5) is 16.5. The van der Waals surface area contributed by atoms with E-state index in [1.54, 1.807) is 10.7 Å². The molecule has 2 N–H and O–H groups in total. The van der Waals surface area contributed by atoms with Crippen molar-refractivity contribution in [3.63, 3.8) is 0 Å². The number of carbonyl (C=O) groups excluding carboxylic acids is 1. The van der Waals surface area contributed by atoms with Gasteiger partial charge in [-0.15, -0.1) is 0 Å². The van der Waals surface area contributed by atoms with Gasteiger partial charge in [0, 0.05) is 43.3 Å². The van der Waals surface area contributed by atoms with E-state index < -0.39 is 36.5 Å². The zero-order chi connectivity index (χ0) is 24.0. The summed E-state index contributed by atoms with van der Waals surface area (Å²) in [5, 5.41) is 17.8. The molecule has 176 valence electrons. The molecule has 1 unspecified atom stereocenters. The summed E-state index contributed by atoms with van der Waals surface area (Å²) >= 11 is 6.24. The lowest BCUT2D eigenvalue weighted by molar-refractivity contribution is -0.272. The highest BCUT2D eigenvalue weighted by Crippen LogP contribution is 2.43. The Morgan fingerprint density at radius 2 is 2.06 bits per heavy atom. The molecule has 0 spiro atoms. The molecular formula is C22H23ClF3N5O2. The minimum absolute atomic E-state index is 0.132. The summed E-state index contributed by atoms with van der Waals surface area (Å²) in [5.41, 5.74) is -0.596. The summed E-state index contributed by atoms with van der Waals surface area (Å²) in [6.07, 6.45) is -0.0712. The Balaban J connectivity index is 1.54. The highest BCUT2D eigenvalue weighted by molar-refractivity contribution is 6.31. The number of carbonyl (C=O) groups is 1. The van der Waals surface area contributed by atoms with Crippen LogP contribution in [0.4, 0.5) is 13.2 Å². The van der Waals surface area contributed by atoms with E-state index in [0.29, 0.717) is 22.0 Å². The number of hydrogen-bond donors (Lipinski definition) is 2. The smallest absolute Gasteiger partial charge is 0.374 e. The Morgan fingerprint density at radius 3 is 2.64 bits per heavy atom. The van der Waals surface area contributed by atoms with Crippen LogP contribution in [0.5, 0.6) is 0 Å². The number of nitrogens with one attached hydrogen (secondary N) is 1. The number of aromatic nitrogens is 4. The first-order chi connectivity index (χ1) is 15.5. The summed E-state index contributed by atoms with van der Waals surface area (Å²) in [6, 6.07) is 5.46. The zero-order valence-corrected chi connectivity index (χ0v) is 18.8. The van der Waals surface area contributed by atoms with Gasteiger partial charge in [0.25, 0.3) is 5.91 Å². The first kappa shape index (κ1) is 23.3. The predicted octanol–water partition coefficient (Wildman–Crippen LogP) is 4.02. The van der Waals surface area contributed by atoms with Crippen LogP contribution in [0.25, 0.3) is 5.69 Å². The number of amides is 1. The van der Waals surface area contributed by atoms with Gasteiger partial charge in [-0.3, -0.25) is 4.79 Å². The SMILES string of the molecule is Cc1ccc(-n2ncc(C(=O)NCCC(O)(c3nccn3C)C(F)(F)F)c2C2CC2)cc1Cl. The van der Waals surface area contributed by atoms with Gasteiger partial charge in [0.05, 0.1) is 23.1 Å². The number of aryl methyl sites for hydroxylation is 2. The summed E-state index contributed by atoms with van der Waals surface area (Å²) in [6.45, 7) is 1.47. The molecule has 0 bridgehead atoms. The number of rotatable bonds is 7. The Hall–Kier alpha value is -2.85. The lowest BCUT2D eigenvalue weighted by Gasteiger charge is -2.30. The van der Waals surface area contributed by atoms with E-state index in [2.05, 4.69) is 15.4 Å². The van der Waals surface area contributed by atoms with Crippen LogP contribution in [0.15, 0.2) is 36.8 Å². The first-order valence-electron chi connectivity index (χ1n) is 10.4. The number of hydrogen-bond acceptors (Lipinski definition) is 4. The maximum Gasteiger partial charge on any atom is 0.424 e. The standard InChI is InChI=1S/C22H23ClF3N5O2/c1-13-3-6-15(11-17(13)23)31-18(14-4-5-14)16(12-29-31)19(32)27-8-7-21(33,22(24,25)26)20-28-9-10-30(20)2/h3,6,9-12,14,33H,4-5,7-8H2,1-2H3,(H,27,32). The molecular weight excluding hydrogens is 459 g/mol. The third-order valence-corrected chi connectivity index (χ3v) is 6.25. The predicted molar refractivity (Wildman–Crippen MR) is 115 cm³/mol. The Morgan fingerprint density at radius 1 is 1.33 bits per heavy atom. The van der Waals surface area contributed by atoms with E-state index in [1.165, 1.54) is 25.6 Å². The van der Waals surface area contributed by atoms with E-state index in [0.717, 1.165) is 23.0 Å². The topological polar surface area (TPSA) is 85.0 Å². The van der Waals surface area contributed by atoms with Crippen LogP contribution in [-0.2, 0) is 12.6 Å². The van der Waals surface area contributed by atoms with Crippen molar-refractivity contribution in [3.8, 4) is 5.69 Å². The van der Waals surface area contributed by atoms with E-state index in [1.807, 2.05) is 19.1 Å². The minimum Gasteiger partial charge on any atom is -0.374 e. The Labute approximate surface area is 193 Å². The van der Waals surface area contributed by atoms with Crippen molar-refractivity contribution in [2.24, 2.45) is 7.05 Å². The largest absolute Gasteiger partial charge is 0.424 e. The molecule has 2 heterocycles. The van der Waals surface area contributed by atoms with Crippen LogP contribution < -0.4 is 5.32 Å². The van der Waals surface area contributed by atoms with E-state index in [-0.39, 0.29) is 5.92 Å². The molecule has 1 saturated carbocycles. The molecule has 33 heavy (non-hydrogen) atoms. The van der Waals surface area contributed by atoms with Gasteiger partial charge in [-0.05, 0) is 37.5 Å².